The molecule has 0 saturated carbocycles. The van der Waals surface area contributed by atoms with Gasteiger partial charge in [-0.25, -0.2) is 0 Å². The van der Waals surface area contributed by atoms with E-state index < -0.39 is 0 Å². The molecule has 0 unspecified atom stereocenters. The maximum absolute atomic E-state index is 11.1. The van der Waals surface area contributed by atoms with Gasteiger partial charge in [0.05, 0.1) is 6.42 Å². The number of imide groups is 1. The number of rotatable bonds is 1. The second-order valence-electron chi connectivity index (χ2n) is 2.87. The van der Waals surface area contributed by atoms with Gasteiger partial charge < -0.3 is 4.42 Å². The van der Waals surface area contributed by atoms with Crippen molar-refractivity contribution >= 4 is 33.8 Å². The molecule has 2 amide bonds. The molecule has 4 nitrogen and oxygen atoms in total. The van der Waals surface area contributed by atoms with Crippen molar-refractivity contribution in [2.24, 2.45) is 0 Å². The zero-order valence-corrected chi connectivity index (χ0v) is 8.63. The first-order chi connectivity index (χ1) is 6.65. The highest BCUT2D eigenvalue weighted by molar-refractivity contribution is 9.10. The average molecular weight is 256 g/mol. The summed E-state index contributed by atoms with van der Waals surface area (Å²) in [4.78, 5) is 22.0. The highest BCUT2D eigenvalue weighted by Crippen LogP contribution is 2.19. The van der Waals surface area contributed by atoms with E-state index >= 15 is 0 Å². The molecule has 2 rings (SSSR count). The Kier molecular flexibility index (Phi) is 2.25. The molecule has 0 spiro atoms. The smallest absolute Gasteiger partial charge is 0.254 e. The number of carbonyl (C=O) groups excluding carboxylic acids is 2. The van der Waals surface area contributed by atoms with Crippen LogP contribution in [-0.4, -0.2) is 11.8 Å². The number of hydrogen-bond acceptors (Lipinski definition) is 3. The van der Waals surface area contributed by atoms with Crippen LogP contribution in [0, 0.1) is 0 Å². The lowest BCUT2D eigenvalue weighted by molar-refractivity contribution is -0.124. The van der Waals surface area contributed by atoms with Gasteiger partial charge in [0.2, 0.25) is 5.91 Å². The SMILES string of the molecule is O=C1C/C(=C/c2ccc(Br)o2)C(=O)N1. The van der Waals surface area contributed by atoms with E-state index in [1.54, 1.807) is 18.2 Å². The summed E-state index contributed by atoms with van der Waals surface area (Å²) in [5.74, 6) is -0.0638. The molecule has 1 aromatic rings. The van der Waals surface area contributed by atoms with Crippen LogP contribution in [0.1, 0.15) is 12.2 Å². The molecule has 14 heavy (non-hydrogen) atoms. The summed E-state index contributed by atoms with van der Waals surface area (Å²) in [5, 5.41) is 2.19. The Hall–Kier alpha value is -1.36. The first-order valence-electron chi connectivity index (χ1n) is 3.95. The van der Waals surface area contributed by atoms with Crippen LogP contribution in [0.15, 0.2) is 26.8 Å². The van der Waals surface area contributed by atoms with Crippen LogP contribution in [0.2, 0.25) is 0 Å². The number of amides is 2. The highest BCUT2D eigenvalue weighted by atomic mass is 79.9. The van der Waals surface area contributed by atoms with Gasteiger partial charge in [-0.2, -0.15) is 0 Å². The van der Waals surface area contributed by atoms with Crippen molar-refractivity contribution in [1.29, 1.82) is 0 Å². The lowest BCUT2D eigenvalue weighted by atomic mass is 10.2. The quantitative estimate of drug-likeness (QED) is 0.611. The van der Waals surface area contributed by atoms with E-state index in [9.17, 15) is 9.59 Å². The Morgan fingerprint density at radius 2 is 2.21 bits per heavy atom. The molecule has 0 aliphatic carbocycles. The molecule has 1 N–H and O–H groups in total. The summed E-state index contributed by atoms with van der Waals surface area (Å²) in [7, 11) is 0. The highest BCUT2D eigenvalue weighted by Gasteiger charge is 2.23. The van der Waals surface area contributed by atoms with Gasteiger partial charge >= 0.3 is 0 Å². The van der Waals surface area contributed by atoms with Gasteiger partial charge in [0.25, 0.3) is 5.91 Å². The van der Waals surface area contributed by atoms with Crippen LogP contribution in [0.4, 0.5) is 0 Å². The van der Waals surface area contributed by atoms with Crippen molar-refractivity contribution in [3.8, 4) is 0 Å². The average Bonchev–Trinajstić information content (AvgIpc) is 2.61. The summed E-state index contributed by atoms with van der Waals surface area (Å²) in [6.07, 6.45) is 1.68. The lowest BCUT2D eigenvalue weighted by Crippen LogP contribution is -2.19. The van der Waals surface area contributed by atoms with E-state index in [2.05, 4.69) is 21.2 Å². The summed E-state index contributed by atoms with van der Waals surface area (Å²) in [6, 6.07) is 3.44. The van der Waals surface area contributed by atoms with Crippen LogP contribution >= 0.6 is 15.9 Å². The van der Waals surface area contributed by atoms with Gasteiger partial charge in [-0.1, -0.05) is 0 Å². The third kappa shape index (κ3) is 1.77. The molecule has 0 atom stereocenters. The Bertz CT molecular complexity index is 433. The van der Waals surface area contributed by atoms with Crippen molar-refractivity contribution in [3.05, 3.63) is 28.1 Å². The van der Waals surface area contributed by atoms with E-state index in [-0.39, 0.29) is 18.2 Å². The first-order valence-corrected chi connectivity index (χ1v) is 4.74. The number of halogens is 1. The topological polar surface area (TPSA) is 59.3 Å². The molecule has 0 aromatic carbocycles. The van der Waals surface area contributed by atoms with E-state index in [1.807, 2.05) is 0 Å². The van der Waals surface area contributed by atoms with E-state index in [1.165, 1.54) is 0 Å². The maximum atomic E-state index is 11.1. The number of nitrogens with one attached hydrogen (secondary N) is 1. The molecule has 5 heteroatoms. The lowest BCUT2D eigenvalue weighted by Gasteiger charge is -1.89. The fraction of sp³-hybridized carbons (Fsp3) is 0.111. The van der Waals surface area contributed by atoms with E-state index in [0.29, 0.717) is 16.0 Å². The predicted molar refractivity (Wildman–Crippen MR) is 52.2 cm³/mol. The third-order valence-electron chi connectivity index (χ3n) is 1.81. The monoisotopic (exact) mass is 255 g/mol. The zero-order valence-electron chi connectivity index (χ0n) is 7.04. The van der Waals surface area contributed by atoms with Gasteiger partial charge in [0, 0.05) is 5.57 Å². The molecule has 0 radical (unpaired) electrons. The Morgan fingerprint density at radius 1 is 1.43 bits per heavy atom. The van der Waals surface area contributed by atoms with Gasteiger partial charge in [-0.15, -0.1) is 0 Å². The Morgan fingerprint density at radius 3 is 2.71 bits per heavy atom. The zero-order chi connectivity index (χ0) is 10.1. The van der Waals surface area contributed by atoms with Crippen LogP contribution in [0.5, 0.6) is 0 Å². The van der Waals surface area contributed by atoms with Gasteiger partial charge in [0.15, 0.2) is 4.67 Å². The number of carbonyl (C=O) groups is 2. The van der Waals surface area contributed by atoms with Crippen molar-refractivity contribution in [1.82, 2.24) is 5.32 Å². The summed E-state index contributed by atoms with van der Waals surface area (Å²) >= 11 is 3.15. The minimum atomic E-state index is -0.345. The Labute approximate surface area is 88.1 Å². The molecule has 1 saturated heterocycles. The molecule has 72 valence electrons. The number of furan rings is 1. The van der Waals surface area contributed by atoms with Crippen molar-refractivity contribution in [2.75, 3.05) is 0 Å². The normalized spacial score (nSPS) is 19.1. The molecule has 1 aromatic heterocycles. The Balaban J connectivity index is 2.27. The molecule has 1 aliphatic heterocycles. The summed E-state index contributed by atoms with van der Waals surface area (Å²) < 4.78 is 5.77. The molecular weight excluding hydrogens is 250 g/mol. The fourth-order valence-corrected chi connectivity index (χ4v) is 1.52. The maximum Gasteiger partial charge on any atom is 0.254 e. The summed E-state index contributed by atoms with van der Waals surface area (Å²) in [5.41, 5.74) is 0.428. The second-order valence-corrected chi connectivity index (χ2v) is 3.65. The molecular formula is C9H6BrNO3. The van der Waals surface area contributed by atoms with Crippen molar-refractivity contribution < 1.29 is 14.0 Å². The minimum absolute atomic E-state index is 0.122. The van der Waals surface area contributed by atoms with Crippen LogP contribution in [-0.2, 0) is 9.59 Å². The second kappa shape index (κ2) is 3.42. The molecule has 1 fully saturated rings. The standard InChI is InChI=1S/C9H6BrNO3/c10-7-2-1-6(14-7)3-5-4-8(12)11-9(5)13/h1-3H,4H2,(H,11,12,13)/b5-3-. The van der Waals surface area contributed by atoms with E-state index in [0.717, 1.165) is 0 Å². The summed E-state index contributed by atoms with van der Waals surface area (Å²) in [6.45, 7) is 0. The van der Waals surface area contributed by atoms with Gasteiger partial charge in [-0.3, -0.25) is 14.9 Å². The molecule has 1 aliphatic rings. The van der Waals surface area contributed by atoms with E-state index in [4.69, 9.17) is 4.42 Å². The van der Waals surface area contributed by atoms with Gasteiger partial charge in [-0.05, 0) is 34.1 Å². The largest absolute Gasteiger partial charge is 0.450 e. The molecule has 0 bridgehead atoms. The first kappa shape index (κ1) is 9.21. The minimum Gasteiger partial charge on any atom is -0.450 e. The van der Waals surface area contributed by atoms with Crippen molar-refractivity contribution in [3.63, 3.8) is 0 Å². The van der Waals surface area contributed by atoms with Crippen LogP contribution < -0.4 is 5.32 Å². The van der Waals surface area contributed by atoms with Crippen molar-refractivity contribution in [2.45, 2.75) is 6.42 Å². The van der Waals surface area contributed by atoms with Crippen LogP contribution in [0.25, 0.3) is 6.08 Å². The predicted octanol–water partition coefficient (Wildman–Crippen LogP) is 1.47. The number of hydrogen-bond donors (Lipinski definition) is 1. The van der Waals surface area contributed by atoms with Crippen LogP contribution in [0.3, 0.4) is 0 Å². The van der Waals surface area contributed by atoms with Gasteiger partial charge in [0.1, 0.15) is 5.76 Å². The third-order valence-corrected chi connectivity index (χ3v) is 2.23. The molecule has 2 heterocycles. The fourth-order valence-electron chi connectivity index (χ4n) is 1.20.